The highest BCUT2D eigenvalue weighted by Gasteiger charge is 2.16. The van der Waals surface area contributed by atoms with Crippen molar-refractivity contribution in [1.29, 1.82) is 0 Å². The van der Waals surface area contributed by atoms with Crippen molar-refractivity contribution in [1.82, 2.24) is 15.2 Å². The summed E-state index contributed by atoms with van der Waals surface area (Å²) in [6.07, 6.45) is 5.09. The van der Waals surface area contributed by atoms with Crippen LogP contribution in [0.15, 0.2) is 5.51 Å². The fourth-order valence-electron chi connectivity index (χ4n) is 2.47. The van der Waals surface area contributed by atoms with Crippen LogP contribution in [-0.2, 0) is 6.42 Å². The molecule has 17 heavy (non-hydrogen) atoms. The molecule has 0 saturated carbocycles. The van der Waals surface area contributed by atoms with Crippen molar-refractivity contribution in [2.75, 3.05) is 26.7 Å². The summed E-state index contributed by atoms with van der Waals surface area (Å²) in [5.74, 6) is 0. The second kappa shape index (κ2) is 6.47. The second-order valence-electron chi connectivity index (χ2n) is 4.93. The van der Waals surface area contributed by atoms with Gasteiger partial charge in [-0.25, -0.2) is 4.98 Å². The van der Waals surface area contributed by atoms with Gasteiger partial charge in [0.2, 0.25) is 0 Å². The highest BCUT2D eigenvalue weighted by Crippen LogP contribution is 2.16. The van der Waals surface area contributed by atoms with Crippen molar-refractivity contribution in [2.45, 2.75) is 38.6 Å². The Morgan fingerprint density at radius 3 is 3.12 bits per heavy atom. The van der Waals surface area contributed by atoms with E-state index in [-0.39, 0.29) is 0 Å². The lowest BCUT2D eigenvalue weighted by atomic mass is 10.1. The summed E-state index contributed by atoms with van der Waals surface area (Å²) < 4.78 is 0. The molecule has 1 saturated heterocycles. The number of nitrogens with zero attached hydrogens (tertiary/aromatic N) is 2. The van der Waals surface area contributed by atoms with Crippen molar-refractivity contribution < 1.29 is 0 Å². The molecule has 0 bridgehead atoms. The SMILES string of the molecule is Cc1ncsc1CCN(C)C1CCCNCC1. The molecule has 1 unspecified atom stereocenters. The predicted octanol–water partition coefficient (Wildman–Crippen LogP) is 2.07. The zero-order valence-corrected chi connectivity index (χ0v) is 11.7. The van der Waals surface area contributed by atoms with Crippen LogP contribution in [0, 0.1) is 6.92 Å². The normalized spacial score (nSPS) is 21.7. The van der Waals surface area contributed by atoms with Gasteiger partial charge < -0.3 is 10.2 Å². The molecule has 0 amide bonds. The molecular weight excluding hydrogens is 230 g/mol. The number of likely N-dealkylation sites (N-methyl/N-ethyl adjacent to an activating group) is 1. The first kappa shape index (κ1) is 13.0. The molecule has 0 radical (unpaired) electrons. The minimum atomic E-state index is 0.762. The molecule has 2 heterocycles. The maximum Gasteiger partial charge on any atom is 0.0797 e. The Balaban J connectivity index is 1.80. The van der Waals surface area contributed by atoms with Crippen LogP contribution in [0.3, 0.4) is 0 Å². The fourth-order valence-corrected chi connectivity index (χ4v) is 3.24. The zero-order valence-electron chi connectivity index (χ0n) is 10.9. The van der Waals surface area contributed by atoms with Crippen molar-refractivity contribution >= 4 is 11.3 Å². The van der Waals surface area contributed by atoms with Crippen LogP contribution in [0.2, 0.25) is 0 Å². The Hall–Kier alpha value is -0.450. The molecule has 3 nitrogen and oxygen atoms in total. The molecule has 96 valence electrons. The van der Waals surface area contributed by atoms with Crippen molar-refractivity contribution in [3.8, 4) is 0 Å². The molecule has 1 aromatic heterocycles. The average molecular weight is 253 g/mol. The van der Waals surface area contributed by atoms with Crippen molar-refractivity contribution in [2.24, 2.45) is 0 Å². The average Bonchev–Trinajstić information content (AvgIpc) is 2.58. The van der Waals surface area contributed by atoms with Gasteiger partial charge in [0.1, 0.15) is 0 Å². The smallest absolute Gasteiger partial charge is 0.0797 e. The summed E-state index contributed by atoms with van der Waals surface area (Å²) in [4.78, 5) is 8.29. The minimum absolute atomic E-state index is 0.762. The van der Waals surface area contributed by atoms with E-state index >= 15 is 0 Å². The maximum atomic E-state index is 4.31. The van der Waals surface area contributed by atoms with Crippen molar-refractivity contribution in [3.05, 3.63) is 16.1 Å². The van der Waals surface area contributed by atoms with E-state index in [4.69, 9.17) is 0 Å². The zero-order chi connectivity index (χ0) is 12.1. The summed E-state index contributed by atoms with van der Waals surface area (Å²) >= 11 is 1.79. The van der Waals surface area contributed by atoms with E-state index in [1.807, 2.05) is 5.51 Å². The molecule has 1 aromatic rings. The largest absolute Gasteiger partial charge is 0.317 e. The summed E-state index contributed by atoms with van der Waals surface area (Å²) in [6.45, 7) is 5.64. The number of aromatic nitrogens is 1. The van der Waals surface area contributed by atoms with Crippen LogP contribution in [0.25, 0.3) is 0 Å². The number of hydrogen-bond donors (Lipinski definition) is 1. The second-order valence-corrected chi connectivity index (χ2v) is 5.87. The number of hydrogen-bond acceptors (Lipinski definition) is 4. The third kappa shape index (κ3) is 3.76. The van der Waals surface area contributed by atoms with Gasteiger partial charge in [-0.15, -0.1) is 11.3 Å². The fraction of sp³-hybridized carbons (Fsp3) is 0.769. The Morgan fingerprint density at radius 1 is 1.47 bits per heavy atom. The Bertz CT molecular complexity index is 329. The maximum absolute atomic E-state index is 4.31. The molecule has 0 aromatic carbocycles. The molecule has 1 aliphatic rings. The van der Waals surface area contributed by atoms with E-state index in [1.165, 1.54) is 42.9 Å². The van der Waals surface area contributed by atoms with Gasteiger partial charge in [-0.1, -0.05) is 0 Å². The van der Waals surface area contributed by atoms with Crippen LogP contribution in [0.4, 0.5) is 0 Å². The van der Waals surface area contributed by atoms with E-state index in [9.17, 15) is 0 Å². The van der Waals surface area contributed by atoms with Crippen LogP contribution in [-0.4, -0.2) is 42.6 Å². The number of nitrogens with one attached hydrogen (secondary N) is 1. The highest BCUT2D eigenvalue weighted by molar-refractivity contribution is 7.09. The molecular formula is C13H23N3S. The van der Waals surface area contributed by atoms with E-state index < -0.39 is 0 Å². The van der Waals surface area contributed by atoms with Gasteiger partial charge in [0.25, 0.3) is 0 Å². The van der Waals surface area contributed by atoms with E-state index in [0.29, 0.717) is 0 Å². The lowest BCUT2D eigenvalue weighted by Gasteiger charge is -2.26. The Labute approximate surface area is 108 Å². The molecule has 0 aliphatic carbocycles. The van der Waals surface area contributed by atoms with Gasteiger partial charge in [-0.3, -0.25) is 0 Å². The number of thiazole rings is 1. The van der Waals surface area contributed by atoms with Gasteiger partial charge in [0, 0.05) is 17.5 Å². The molecule has 1 N–H and O–H groups in total. The van der Waals surface area contributed by atoms with E-state index in [2.05, 4.69) is 29.2 Å². The summed E-state index contributed by atoms with van der Waals surface area (Å²) in [5.41, 5.74) is 3.17. The van der Waals surface area contributed by atoms with Crippen LogP contribution in [0.1, 0.15) is 29.8 Å². The summed E-state index contributed by atoms with van der Waals surface area (Å²) in [6, 6.07) is 0.762. The van der Waals surface area contributed by atoms with E-state index in [1.54, 1.807) is 11.3 Å². The first-order valence-electron chi connectivity index (χ1n) is 6.57. The highest BCUT2D eigenvalue weighted by atomic mass is 32.1. The van der Waals surface area contributed by atoms with Gasteiger partial charge in [0.15, 0.2) is 0 Å². The molecule has 1 aliphatic heterocycles. The van der Waals surface area contributed by atoms with Crippen molar-refractivity contribution in [3.63, 3.8) is 0 Å². The lowest BCUT2D eigenvalue weighted by Crippen LogP contribution is -2.34. The number of rotatable bonds is 4. The van der Waals surface area contributed by atoms with Gasteiger partial charge in [0.05, 0.1) is 11.2 Å². The van der Waals surface area contributed by atoms with Crippen LogP contribution < -0.4 is 5.32 Å². The summed E-state index contributed by atoms with van der Waals surface area (Å²) in [5, 5.41) is 3.48. The predicted molar refractivity (Wildman–Crippen MR) is 73.7 cm³/mol. The van der Waals surface area contributed by atoms with Gasteiger partial charge >= 0.3 is 0 Å². The van der Waals surface area contributed by atoms with Gasteiger partial charge in [-0.05, 0) is 52.7 Å². The topological polar surface area (TPSA) is 28.2 Å². The Kier molecular flexibility index (Phi) is 4.95. The third-order valence-corrected chi connectivity index (χ3v) is 4.70. The Morgan fingerprint density at radius 2 is 2.35 bits per heavy atom. The van der Waals surface area contributed by atoms with E-state index in [0.717, 1.165) is 19.0 Å². The van der Waals surface area contributed by atoms with Gasteiger partial charge in [-0.2, -0.15) is 0 Å². The van der Waals surface area contributed by atoms with Crippen LogP contribution in [0.5, 0.6) is 0 Å². The quantitative estimate of drug-likeness (QED) is 0.890. The lowest BCUT2D eigenvalue weighted by molar-refractivity contribution is 0.227. The minimum Gasteiger partial charge on any atom is -0.317 e. The molecule has 2 rings (SSSR count). The molecule has 4 heteroatoms. The summed E-state index contributed by atoms with van der Waals surface area (Å²) in [7, 11) is 2.27. The molecule has 1 fully saturated rings. The first-order chi connectivity index (χ1) is 8.27. The standard InChI is InChI=1S/C13H23N3S/c1-11-13(17-10-15-11)6-9-16(2)12-4-3-7-14-8-5-12/h10,12,14H,3-9H2,1-2H3. The molecule has 0 spiro atoms. The third-order valence-electron chi connectivity index (χ3n) is 3.71. The monoisotopic (exact) mass is 253 g/mol. The molecule has 1 atom stereocenters. The number of aryl methyl sites for hydroxylation is 1. The first-order valence-corrected chi connectivity index (χ1v) is 7.45. The van der Waals surface area contributed by atoms with Crippen LogP contribution >= 0.6 is 11.3 Å².